The van der Waals surface area contributed by atoms with E-state index in [0.717, 1.165) is 17.1 Å². The maximum absolute atomic E-state index is 5.46. The molecule has 4 rings (SSSR count). The molecular formula is C22H22N4O2. The number of benzene rings is 2. The molecule has 0 saturated heterocycles. The SMILES string of the molecule is COc1ccc(-c2nc3ncccn3c2NCc2ccc(C)cc2)cc1OC. The molecule has 0 fully saturated rings. The molecule has 0 aliphatic heterocycles. The summed E-state index contributed by atoms with van der Waals surface area (Å²) in [5.74, 6) is 2.87. The maximum Gasteiger partial charge on any atom is 0.235 e. The zero-order chi connectivity index (χ0) is 19.5. The molecule has 2 aromatic carbocycles. The molecule has 0 spiro atoms. The highest BCUT2D eigenvalue weighted by molar-refractivity contribution is 5.77. The second-order valence-electron chi connectivity index (χ2n) is 6.51. The summed E-state index contributed by atoms with van der Waals surface area (Å²) in [5.41, 5.74) is 4.18. The van der Waals surface area contributed by atoms with Gasteiger partial charge >= 0.3 is 0 Å². The van der Waals surface area contributed by atoms with Gasteiger partial charge in [-0.15, -0.1) is 0 Å². The van der Waals surface area contributed by atoms with E-state index in [0.29, 0.717) is 23.8 Å². The minimum Gasteiger partial charge on any atom is -0.493 e. The van der Waals surface area contributed by atoms with Crippen LogP contribution in [0, 0.1) is 6.92 Å². The zero-order valence-corrected chi connectivity index (χ0v) is 16.1. The number of rotatable bonds is 6. The maximum atomic E-state index is 5.46. The summed E-state index contributed by atoms with van der Waals surface area (Å²) in [6.07, 6.45) is 3.70. The van der Waals surface area contributed by atoms with E-state index in [9.17, 15) is 0 Å². The van der Waals surface area contributed by atoms with E-state index >= 15 is 0 Å². The van der Waals surface area contributed by atoms with Crippen molar-refractivity contribution < 1.29 is 9.47 Å². The summed E-state index contributed by atoms with van der Waals surface area (Å²) < 4.78 is 12.8. The number of nitrogens with zero attached hydrogens (tertiary/aromatic N) is 3. The van der Waals surface area contributed by atoms with E-state index < -0.39 is 0 Å². The van der Waals surface area contributed by atoms with Crippen LogP contribution in [0.5, 0.6) is 11.5 Å². The Balaban J connectivity index is 1.76. The van der Waals surface area contributed by atoms with Crippen LogP contribution in [0.15, 0.2) is 60.9 Å². The first-order valence-electron chi connectivity index (χ1n) is 9.04. The Labute approximate surface area is 163 Å². The molecule has 0 radical (unpaired) electrons. The normalized spacial score (nSPS) is 10.8. The summed E-state index contributed by atoms with van der Waals surface area (Å²) in [4.78, 5) is 9.12. The molecule has 142 valence electrons. The Kier molecular flexibility index (Phi) is 4.85. The lowest BCUT2D eigenvalue weighted by atomic mass is 10.1. The van der Waals surface area contributed by atoms with Crippen LogP contribution in [0.3, 0.4) is 0 Å². The van der Waals surface area contributed by atoms with Crippen molar-refractivity contribution >= 4 is 11.6 Å². The Hall–Kier alpha value is -3.54. The Morgan fingerprint density at radius 1 is 1.00 bits per heavy atom. The van der Waals surface area contributed by atoms with Crippen molar-refractivity contribution in [3.63, 3.8) is 0 Å². The van der Waals surface area contributed by atoms with Crippen molar-refractivity contribution in [2.24, 2.45) is 0 Å². The van der Waals surface area contributed by atoms with Crippen molar-refractivity contribution in [3.8, 4) is 22.8 Å². The third-order valence-corrected chi connectivity index (χ3v) is 4.64. The monoisotopic (exact) mass is 374 g/mol. The van der Waals surface area contributed by atoms with E-state index in [1.165, 1.54) is 11.1 Å². The summed E-state index contributed by atoms with van der Waals surface area (Å²) >= 11 is 0. The topological polar surface area (TPSA) is 60.7 Å². The first-order valence-corrected chi connectivity index (χ1v) is 9.04. The number of anilines is 1. The number of hydrogen-bond donors (Lipinski definition) is 1. The van der Waals surface area contributed by atoms with Crippen molar-refractivity contribution in [1.29, 1.82) is 0 Å². The van der Waals surface area contributed by atoms with Gasteiger partial charge in [0, 0.05) is 24.5 Å². The van der Waals surface area contributed by atoms with Gasteiger partial charge in [0.1, 0.15) is 11.5 Å². The number of fused-ring (bicyclic) bond motifs is 1. The minimum absolute atomic E-state index is 0.638. The molecule has 0 bridgehead atoms. The van der Waals surface area contributed by atoms with E-state index in [-0.39, 0.29) is 0 Å². The standard InChI is InChI=1S/C22H22N4O2/c1-15-5-7-16(8-6-15)14-24-21-20(25-22-23-11-4-12-26(21)22)17-9-10-18(27-2)19(13-17)28-3/h4-13,24H,14H2,1-3H3. The molecule has 0 unspecified atom stereocenters. The number of ether oxygens (including phenoxy) is 2. The number of hydrogen-bond acceptors (Lipinski definition) is 5. The lowest BCUT2D eigenvalue weighted by Crippen LogP contribution is -2.03. The summed E-state index contributed by atoms with van der Waals surface area (Å²) in [7, 11) is 3.25. The van der Waals surface area contributed by atoms with Crippen molar-refractivity contribution in [3.05, 3.63) is 72.1 Å². The minimum atomic E-state index is 0.638. The second kappa shape index (κ2) is 7.60. The van der Waals surface area contributed by atoms with Gasteiger partial charge in [0.05, 0.1) is 14.2 Å². The Morgan fingerprint density at radius 2 is 1.79 bits per heavy atom. The van der Waals surface area contributed by atoms with E-state index in [2.05, 4.69) is 41.5 Å². The lowest BCUT2D eigenvalue weighted by Gasteiger charge is -2.11. The first-order chi connectivity index (χ1) is 13.7. The van der Waals surface area contributed by atoms with Gasteiger partial charge in [-0.2, -0.15) is 0 Å². The fraction of sp³-hybridized carbons (Fsp3) is 0.182. The third kappa shape index (κ3) is 3.36. The fourth-order valence-electron chi connectivity index (χ4n) is 3.13. The van der Waals surface area contributed by atoms with Crippen LogP contribution in [0.25, 0.3) is 17.0 Å². The first kappa shape index (κ1) is 17.9. The van der Waals surface area contributed by atoms with Crippen LogP contribution < -0.4 is 14.8 Å². The van der Waals surface area contributed by atoms with Gasteiger partial charge in [-0.25, -0.2) is 9.97 Å². The summed E-state index contributed by atoms with van der Waals surface area (Å²) in [6, 6.07) is 16.2. The van der Waals surface area contributed by atoms with Crippen LogP contribution >= 0.6 is 0 Å². The Bertz CT molecular complexity index is 1100. The number of nitrogens with one attached hydrogen (secondary N) is 1. The van der Waals surface area contributed by atoms with Crippen LogP contribution in [0.4, 0.5) is 5.82 Å². The fourth-order valence-corrected chi connectivity index (χ4v) is 3.13. The quantitative estimate of drug-likeness (QED) is 0.544. The molecule has 2 heterocycles. The molecule has 1 N–H and O–H groups in total. The van der Waals surface area contributed by atoms with Gasteiger partial charge in [-0.1, -0.05) is 29.8 Å². The molecule has 0 saturated carbocycles. The summed E-state index contributed by atoms with van der Waals surface area (Å²) in [5, 5.41) is 3.52. The number of aromatic nitrogens is 3. The number of aryl methyl sites for hydroxylation is 1. The van der Waals surface area contributed by atoms with Crippen molar-refractivity contribution in [2.75, 3.05) is 19.5 Å². The average molecular weight is 374 g/mol. The highest BCUT2D eigenvalue weighted by Gasteiger charge is 2.16. The van der Waals surface area contributed by atoms with E-state index in [1.54, 1.807) is 20.4 Å². The van der Waals surface area contributed by atoms with E-state index in [4.69, 9.17) is 14.5 Å². The van der Waals surface area contributed by atoms with Crippen LogP contribution in [-0.4, -0.2) is 28.6 Å². The van der Waals surface area contributed by atoms with Gasteiger partial charge in [0.25, 0.3) is 0 Å². The second-order valence-corrected chi connectivity index (χ2v) is 6.51. The van der Waals surface area contributed by atoms with E-state index in [1.807, 2.05) is 34.9 Å². The molecule has 6 heteroatoms. The average Bonchev–Trinajstić information content (AvgIpc) is 3.11. The highest BCUT2D eigenvalue weighted by Crippen LogP contribution is 2.35. The molecule has 0 atom stereocenters. The molecule has 28 heavy (non-hydrogen) atoms. The number of imidazole rings is 1. The van der Waals surface area contributed by atoms with Crippen LogP contribution in [0.2, 0.25) is 0 Å². The molecule has 0 aliphatic carbocycles. The van der Waals surface area contributed by atoms with Crippen molar-refractivity contribution in [1.82, 2.24) is 14.4 Å². The zero-order valence-electron chi connectivity index (χ0n) is 16.1. The molecule has 6 nitrogen and oxygen atoms in total. The predicted octanol–water partition coefficient (Wildman–Crippen LogP) is 4.33. The van der Waals surface area contributed by atoms with Gasteiger partial charge in [0.15, 0.2) is 11.5 Å². The Morgan fingerprint density at radius 3 is 2.54 bits per heavy atom. The van der Waals surface area contributed by atoms with Gasteiger partial charge < -0.3 is 14.8 Å². The largest absolute Gasteiger partial charge is 0.493 e. The van der Waals surface area contributed by atoms with Gasteiger partial charge in [0.2, 0.25) is 5.78 Å². The number of methoxy groups -OCH3 is 2. The molecular weight excluding hydrogens is 352 g/mol. The summed E-state index contributed by atoms with van der Waals surface area (Å²) in [6.45, 7) is 2.77. The smallest absolute Gasteiger partial charge is 0.235 e. The molecule has 4 aromatic rings. The van der Waals surface area contributed by atoms with Crippen LogP contribution in [-0.2, 0) is 6.54 Å². The molecule has 0 amide bonds. The third-order valence-electron chi connectivity index (χ3n) is 4.64. The predicted molar refractivity (Wildman–Crippen MR) is 110 cm³/mol. The van der Waals surface area contributed by atoms with Gasteiger partial charge in [-0.05, 0) is 36.8 Å². The van der Waals surface area contributed by atoms with Crippen molar-refractivity contribution in [2.45, 2.75) is 13.5 Å². The molecule has 2 aromatic heterocycles. The lowest BCUT2D eigenvalue weighted by molar-refractivity contribution is 0.355. The highest BCUT2D eigenvalue weighted by atomic mass is 16.5. The van der Waals surface area contributed by atoms with Crippen LogP contribution in [0.1, 0.15) is 11.1 Å². The van der Waals surface area contributed by atoms with Gasteiger partial charge in [-0.3, -0.25) is 4.40 Å². The molecule has 0 aliphatic rings.